The zero-order valence-corrected chi connectivity index (χ0v) is 13.4. The van der Waals surface area contributed by atoms with E-state index in [1.807, 2.05) is 25.6 Å². The van der Waals surface area contributed by atoms with Crippen molar-refractivity contribution in [3.8, 4) is 0 Å². The summed E-state index contributed by atoms with van der Waals surface area (Å²) in [4.78, 5) is 4.75. The number of ether oxygens (including phenoxy) is 1. The van der Waals surface area contributed by atoms with Gasteiger partial charge in [-0.25, -0.2) is 4.98 Å². The van der Waals surface area contributed by atoms with Crippen molar-refractivity contribution < 1.29 is 4.74 Å². The molecule has 2 aromatic rings. The predicted octanol–water partition coefficient (Wildman–Crippen LogP) is 2.90. The number of fused-ring (bicyclic) bond motifs is 1. The van der Waals surface area contributed by atoms with Gasteiger partial charge in [-0.15, -0.1) is 11.6 Å². The van der Waals surface area contributed by atoms with Crippen molar-refractivity contribution in [3.05, 3.63) is 11.5 Å². The topological polar surface area (TPSA) is 44.9 Å². The molecule has 6 heteroatoms. The molecule has 3 rings (SSSR count). The normalized spacial score (nSPS) is 28.4. The summed E-state index contributed by atoms with van der Waals surface area (Å²) < 4.78 is 9.95. The third-order valence-corrected chi connectivity index (χ3v) is 4.74. The number of imidazole rings is 1. The predicted molar refractivity (Wildman–Crippen MR) is 79.2 cm³/mol. The van der Waals surface area contributed by atoms with E-state index in [9.17, 15) is 0 Å². The van der Waals surface area contributed by atoms with E-state index in [1.165, 1.54) is 0 Å². The van der Waals surface area contributed by atoms with Crippen molar-refractivity contribution in [2.24, 2.45) is 7.05 Å². The largest absolute Gasteiger partial charge is 0.376 e. The van der Waals surface area contributed by atoms with Gasteiger partial charge in [0.15, 0.2) is 5.65 Å². The van der Waals surface area contributed by atoms with Crippen molar-refractivity contribution >= 4 is 22.8 Å². The molecule has 20 heavy (non-hydrogen) atoms. The van der Waals surface area contributed by atoms with Gasteiger partial charge < -0.3 is 9.30 Å². The molecule has 1 aliphatic rings. The molecule has 0 aliphatic carbocycles. The Hall–Kier alpha value is -1.07. The second-order valence-electron chi connectivity index (χ2n) is 5.92. The summed E-state index contributed by atoms with van der Waals surface area (Å²) in [5.41, 5.74) is 2.78. The minimum Gasteiger partial charge on any atom is -0.376 e. The Balaban J connectivity index is 2.34. The molecule has 1 fully saturated rings. The van der Waals surface area contributed by atoms with Crippen LogP contribution in [0.3, 0.4) is 0 Å². The quantitative estimate of drug-likeness (QED) is 0.801. The monoisotopic (exact) mass is 296 g/mol. The smallest absolute Gasteiger partial charge is 0.159 e. The molecule has 2 aromatic heterocycles. The minimum atomic E-state index is -0.147. The van der Waals surface area contributed by atoms with Gasteiger partial charge in [0.25, 0.3) is 0 Å². The number of hydrogen-bond donors (Lipinski definition) is 0. The Kier molecular flexibility index (Phi) is 3.10. The first-order chi connectivity index (χ1) is 9.36. The van der Waals surface area contributed by atoms with Gasteiger partial charge >= 0.3 is 0 Å². The van der Waals surface area contributed by atoms with Crippen LogP contribution < -0.4 is 0 Å². The first-order valence-electron chi connectivity index (χ1n) is 7.04. The number of aryl methyl sites for hydroxylation is 2. The molecule has 1 aliphatic heterocycles. The van der Waals surface area contributed by atoms with Gasteiger partial charge in [0.05, 0.1) is 22.7 Å². The van der Waals surface area contributed by atoms with Crippen LogP contribution in [0.25, 0.3) is 11.2 Å². The zero-order valence-electron chi connectivity index (χ0n) is 12.6. The first kappa shape index (κ1) is 13.9. The molecule has 0 amide bonds. The minimum absolute atomic E-state index is 0.129. The molecular weight excluding hydrogens is 276 g/mol. The molecule has 1 saturated heterocycles. The Labute approximate surface area is 123 Å². The van der Waals surface area contributed by atoms with Gasteiger partial charge in [0, 0.05) is 13.7 Å². The van der Waals surface area contributed by atoms with Crippen LogP contribution in [-0.4, -0.2) is 32.0 Å². The van der Waals surface area contributed by atoms with E-state index in [4.69, 9.17) is 21.3 Å². The van der Waals surface area contributed by atoms with Crippen molar-refractivity contribution in [1.82, 2.24) is 19.3 Å². The standard InChI is InChI=1S/C14H21ClN4O/c1-8(15)12-16-11-9(2)17-18(5)13(11)19(12)14(4)6-7-20-10(14)3/h8,10H,6-7H2,1-5H3. The van der Waals surface area contributed by atoms with E-state index >= 15 is 0 Å². The van der Waals surface area contributed by atoms with Gasteiger partial charge in [-0.1, -0.05) is 0 Å². The molecule has 0 spiro atoms. The maximum Gasteiger partial charge on any atom is 0.159 e. The Morgan fingerprint density at radius 3 is 2.75 bits per heavy atom. The highest BCUT2D eigenvalue weighted by Crippen LogP contribution is 2.39. The third kappa shape index (κ3) is 1.72. The van der Waals surface area contributed by atoms with E-state index in [2.05, 4.69) is 23.5 Å². The van der Waals surface area contributed by atoms with Gasteiger partial charge in [-0.3, -0.25) is 4.68 Å². The van der Waals surface area contributed by atoms with Crippen LogP contribution in [0.4, 0.5) is 0 Å². The number of halogens is 1. The molecule has 0 radical (unpaired) electrons. The summed E-state index contributed by atoms with van der Waals surface area (Å²) >= 11 is 6.38. The van der Waals surface area contributed by atoms with Crippen molar-refractivity contribution in [2.75, 3.05) is 6.61 Å². The van der Waals surface area contributed by atoms with Crippen LogP contribution in [0.1, 0.15) is 44.1 Å². The number of nitrogens with zero attached hydrogens (tertiary/aromatic N) is 4. The summed E-state index contributed by atoms with van der Waals surface area (Å²) in [6, 6.07) is 0. The number of hydrogen-bond acceptors (Lipinski definition) is 3. The Morgan fingerprint density at radius 1 is 1.50 bits per heavy atom. The van der Waals surface area contributed by atoms with Crippen molar-refractivity contribution in [1.29, 1.82) is 0 Å². The SMILES string of the molecule is Cc1nn(C)c2c1nc(C(C)Cl)n2C1(C)CCOC1C. The van der Waals surface area contributed by atoms with E-state index in [0.717, 1.165) is 35.7 Å². The van der Waals surface area contributed by atoms with Crippen LogP contribution in [0.5, 0.6) is 0 Å². The third-order valence-electron chi connectivity index (χ3n) is 4.55. The summed E-state index contributed by atoms with van der Waals surface area (Å²) in [5.74, 6) is 0.901. The zero-order chi connectivity index (χ0) is 14.7. The van der Waals surface area contributed by atoms with Crippen LogP contribution in [0, 0.1) is 6.92 Å². The van der Waals surface area contributed by atoms with Crippen LogP contribution in [0.2, 0.25) is 0 Å². The maximum absolute atomic E-state index is 6.38. The lowest BCUT2D eigenvalue weighted by Gasteiger charge is -2.32. The lowest BCUT2D eigenvalue weighted by molar-refractivity contribution is 0.0759. The molecule has 0 N–H and O–H groups in total. The fraction of sp³-hybridized carbons (Fsp3) is 0.714. The number of alkyl halides is 1. The van der Waals surface area contributed by atoms with Crippen LogP contribution in [0.15, 0.2) is 0 Å². The van der Waals surface area contributed by atoms with E-state index in [1.54, 1.807) is 0 Å². The molecule has 3 unspecified atom stereocenters. The van der Waals surface area contributed by atoms with Crippen molar-refractivity contribution in [2.45, 2.75) is 51.1 Å². The fourth-order valence-corrected chi connectivity index (χ4v) is 3.32. The average Bonchev–Trinajstić information content (AvgIpc) is 2.98. The van der Waals surface area contributed by atoms with Crippen LogP contribution in [-0.2, 0) is 17.3 Å². The second kappa shape index (κ2) is 4.46. The Bertz CT molecular complexity index is 660. The summed E-state index contributed by atoms with van der Waals surface area (Å²) in [7, 11) is 1.96. The summed E-state index contributed by atoms with van der Waals surface area (Å²) in [6.07, 6.45) is 1.09. The lowest BCUT2D eigenvalue weighted by Crippen LogP contribution is -2.38. The van der Waals surface area contributed by atoms with E-state index in [0.29, 0.717) is 0 Å². The van der Waals surface area contributed by atoms with Crippen LogP contribution >= 0.6 is 11.6 Å². The molecule has 3 atom stereocenters. The molecule has 0 bridgehead atoms. The highest BCUT2D eigenvalue weighted by molar-refractivity contribution is 6.20. The molecule has 5 nitrogen and oxygen atoms in total. The number of aromatic nitrogens is 4. The van der Waals surface area contributed by atoms with E-state index < -0.39 is 0 Å². The molecule has 110 valence electrons. The Morgan fingerprint density at radius 2 is 2.20 bits per heavy atom. The van der Waals surface area contributed by atoms with Gasteiger partial charge in [-0.05, 0) is 34.1 Å². The van der Waals surface area contributed by atoms with E-state index in [-0.39, 0.29) is 17.0 Å². The summed E-state index contributed by atoms with van der Waals surface area (Å²) in [5, 5.41) is 4.34. The first-order valence-corrected chi connectivity index (χ1v) is 7.48. The van der Waals surface area contributed by atoms with Gasteiger partial charge in [0.2, 0.25) is 0 Å². The maximum atomic E-state index is 6.38. The molecule has 0 aromatic carbocycles. The molecule has 0 saturated carbocycles. The average molecular weight is 297 g/mol. The summed E-state index contributed by atoms with van der Waals surface area (Å²) in [6.45, 7) is 9.05. The highest BCUT2D eigenvalue weighted by atomic mass is 35.5. The number of rotatable bonds is 2. The van der Waals surface area contributed by atoms with Gasteiger partial charge in [-0.2, -0.15) is 5.10 Å². The lowest BCUT2D eigenvalue weighted by atomic mass is 9.94. The molecule has 3 heterocycles. The fourth-order valence-electron chi connectivity index (χ4n) is 3.18. The highest BCUT2D eigenvalue weighted by Gasteiger charge is 2.42. The second-order valence-corrected chi connectivity index (χ2v) is 6.58. The van der Waals surface area contributed by atoms with Crippen molar-refractivity contribution in [3.63, 3.8) is 0 Å². The van der Waals surface area contributed by atoms with Gasteiger partial charge in [0.1, 0.15) is 11.3 Å². The molecular formula is C14H21ClN4O.